The molecule has 1 atom stereocenters. The highest BCUT2D eigenvalue weighted by atomic mass is 32.1. The molecule has 25 heavy (non-hydrogen) atoms. The average Bonchev–Trinajstić information content (AvgIpc) is 3.29. The van der Waals surface area contributed by atoms with Gasteiger partial charge in [-0.05, 0) is 38.4 Å². The Morgan fingerprint density at radius 3 is 2.56 bits per heavy atom. The van der Waals surface area contributed by atoms with Crippen LogP contribution in [0.4, 0.5) is 5.69 Å². The third kappa shape index (κ3) is 2.75. The van der Waals surface area contributed by atoms with Gasteiger partial charge in [-0.15, -0.1) is 5.10 Å². The van der Waals surface area contributed by atoms with Crippen molar-refractivity contribution in [2.45, 2.75) is 25.8 Å². The lowest BCUT2D eigenvalue weighted by atomic mass is 10.0. The van der Waals surface area contributed by atoms with Crippen molar-refractivity contribution in [3.63, 3.8) is 0 Å². The van der Waals surface area contributed by atoms with E-state index >= 15 is 0 Å². The summed E-state index contributed by atoms with van der Waals surface area (Å²) in [5.74, 6) is 0.706. The lowest BCUT2D eigenvalue weighted by Crippen LogP contribution is -2.26. The Morgan fingerprint density at radius 2 is 1.96 bits per heavy atom. The van der Waals surface area contributed by atoms with Gasteiger partial charge in [0, 0.05) is 12.1 Å². The number of hydrogen-bond donors (Lipinski definition) is 1. The van der Waals surface area contributed by atoms with Gasteiger partial charge in [0.25, 0.3) is 5.69 Å². The number of aryl methyl sites for hydroxylation is 1. The fourth-order valence-corrected chi connectivity index (χ4v) is 4.50. The molecule has 130 valence electrons. The van der Waals surface area contributed by atoms with Crippen molar-refractivity contribution in [1.82, 2.24) is 19.5 Å². The van der Waals surface area contributed by atoms with Crippen molar-refractivity contribution in [3.05, 3.63) is 50.6 Å². The fraction of sp³-hybridized carbons (Fsp3) is 0.375. The first-order valence-electron chi connectivity index (χ1n) is 8.08. The van der Waals surface area contributed by atoms with E-state index in [2.05, 4.69) is 15.0 Å². The molecule has 2 aromatic heterocycles. The Morgan fingerprint density at radius 1 is 1.28 bits per heavy atom. The summed E-state index contributed by atoms with van der Waals surface area (Å²) in [6.45, 7) is 3.63. The van der Waals surface area contributed by atoms with Gasteiger partial charge in [0.15, 0.2) is 0 Å². The predicted octanol–water partition coefficient (Wildman–Crippen LogP) is 2.90. The predicted molar refractivity (Wildman–Crippen MR) is 93.0 cm³/mol. The van der Waals surface area contributed by atoms with Crippen LogP contribution in [0.15, 0.2) is 24.3 Å². The molecule has 1 aliphatic rings. The molecule has 0 amide bonds. The van der Waals surface area contributed by atoms with Gasteiger partial charge >= 0.3 is 0 Å². The standard InChI is InChI=1S/C16H17N5O3S/c1-10-17-16-20(18-10)15(22)14(25-16)13(19-8-2-3-9-19)11-4-6-12(7-5-11)21(23)24/h4-7,13,22H,2-3,8-9H2,1H3. The number of rotatable bonds is 4. The molecule has 9 heteroatoms. The van der Waals surface area contributed by atoms with Crippen LogP contribution in [-0.2, 0) is 0 Å². The van der Waals surface area contributed by atoms with Crippen LogP contribution in [0.2, 0.25) is 0 Å². The highest BCUT2D eigenvalue weighted by Crippen LogP contribution is 2.41. The van der Waals surface area contributed by atoms with E-state index in [0.717, 1.165) is 36.4 Å². The Kier molecular flexibility index (Phi) is 3.89. The Hall–Kier alpha value is -2.52. The van der Waals surface area contributed by atoms with Crippen molar-refractivity contribution in [1.29, 1.82) is 0 Å². The summed E-state index contributed by atoms with van der Waals surface area (Å²) in [5.41, 5.74) is 0.982. The number of nitrogens with zero attached hydrogens (tertiary/aromatic N) is 5. The largest absolute Gasteiger partial charge is 0.492 e. The highest BCUT2D eigenvalue weighted by Gasteiger charge is 2.31. The van der Waals surface area contributed by atoms with Crippen LogP contribution in [0.3, 0.4) is 0 Å². The molecule has 1 aromatic carbocycles. The Balaban J connectivity index is 1.80. The summed E-state index contributed by atoms with van der Waals surface area (Å²) in [6, 6.07) is 6.40. The minimum Gasteiger partial charge on any atom is -0.492 e. The van der Waals surface area contributed by atoms with Crippen LogP contribution in [0.5, 0.6) is 5.88 Å². The molecule has 1 fully saturated rings. The number of aromatic hydroxyl groups is 1. The van der Waals surface area contributed by atoms with Crippen LogP contribution >= 0.6 is 11.3 Å². The number of non-ortho nitro benzene ring substituents is 1. The zero-order chi connectivity index (χ0) is 17.6. The summed E-state index contributed by atoms with van der Waals surface area (Å²) in [5, 5.41) is 25.8. The van der Waals surface area contributed by atoms with Gasteiger partial charge in [0.05, 0.1) is 15.8 Å². The first-order chi connectivity index (χ1) is 12.0. The average molecular weight is 359 g/mol. The van der Waals surface area contributed by atoms with E-state index in [0.29, 0.717) is 10.8 Å². The van der Waals surface area contributed by atoms with Gasteiger partial charge in [0.2, 0.25) is 10.8 Å². The van der Waals surface area contributed by atoms with E-state index in [1.165, 1.54) is 28.0 Å². The molecule has 1 unspecified atom stereocenters. The molecule has 0 bridgehead atoms. The van der Waals surface area contributed by atoms with Gasteiger partial charge in [-0.1, -0.05) is 23.5 Å². The van der Waals surface area contributed by atoms with Crippen molar-refractivity contribution in [2.24, 2.45) is 0 Å². The molecular weight excluding hydrogens is 342 g/mol. The third-order valence-corrected chi connectivity index (χ3v) is 5.55. The third-order valence-electron chi connectivity index (χ3n) is 4.48. The maximum atomic E-state index is 10.9. The molecule has 1 N–H and O–H groups in total. The quantitative estimate of drug-likeness (QED) is 0.568. The van der Waals surface area contributed by atoms with Crippen molar-refractivity contribution >= 4 is 22.0 Å². The summed E-state index contributed by atoms with van der Waals surface area (Å²) in [6.07, 6.45) is 2.20. The van der Waals surface area contributed by atoms with Crippen molar-refractivity contribution < 1.29 is 10.0 Å². The van der Waals surface area contributed by atoms with E-state index in [1.54, 1.807) is 19.1 Å². The van der Waals surface area contributed by atoms with Gasteiger partial charge in [0.1, 0.15) is 5.82 Å². The molecule has 3 aromatic rings. The first kappa shape index (κ1) is 16.0. The van der Waals surface area contributed by atoms with Crippen molar-refractivity contribution in [2.75, 3.05) is 13.1 Å². The lowest BCUT2D eigenvalue weighted by Gasteiger charge is -2.26. The molecule has 4 rings (SSSR count). The van der Waals surface area contributed by atoms with Crippen LogP contribution in [-0.4, -0.2) is 42.6 Å². The maximum absolute atomic E-state index is 10.9. The zero-order valence-corrected chi connectivity index (χ0v) is 14.4. The number of hydrogen-bond acceptors (Lipinski definition) is 7. The van der Waals surface area contributed by atoms with Crippen LogP contribution in [0.25, 0.3) is 4.96 Å². The number of benzene rings is 1. The van der Waals surface area contributed by atoms with Crippen LogP contribution < -0.4 is 0 Å². The molecule has 1 aliphatic heterocycles. The smallest absolute Gasteiger partial charge is 0.269 e. The van der Waals surface area contributed by atoms with Gasteiger partial charge in [-0.25, -0.2) is 4.98 Å². The highest BCUT2D eigenvalue weighted by molar-refractivity contribution is 7.17. The van der Waals surface area contributed by atoms with Gasteiger partial charge in [-0.2, -0.15) is 4.52 Å². The summed E-state index contributed by atoms with van der Waals surface area (Å²) in [4.78, 5) is 18.6. The van der Waals surface area contributed by atoms with E-state index in [1.807, 2.05) is 0 Å². The second-order valence-corrected chi connectivity index (χ2v) is 7.15. The van der Waals surface area contributed by atoms with E-state index in [-0.39, 0.29) is 17.6 Å². The van der Waals surface area contributed by atoms with Gasteiger partial charge < -0.3 is 5.11 Å². The number of thiazole rings is 1. The molecule has 0 radical (unpaired) electrons. The fourth-order valence-electron chi connectivity index (χ4n) is 3.33. The Labute approximate surface area is 147 Å². The van der Waals surface area contributed by atoms with E-state index < -0.39 is 4.92 Å². The second kappa shape index (κ2) is 6.08. The maximum Gasteiger partial charge on any atom is 0.269 e. The topological polar surface area (TPSA) is 96.8 Å². The molecular formula is C16H17N5O3S. The normalized spacial score (nSPS) is 16.5. The Bertz CT molecular complexity index is 927. The number of nitro groups is 1. The minimum atomic E-state index is -0.405. The lowest BCUT2D eigenvalue weighted by molar-refractivity contribution is -0.384. The number of fused-ring (bicyclic) bond motifs is 1. The summed E-state index contributed by atoms with van der Waals surface area (Å²) < 4.78 is 1.46. The van der Waals surface area contributed by atoms with Crippen LogP contribution in [0, 0.1) is 17.0 Å². The van der Waals surface area contributed by atoms with Crippen LogP contribution in [0.1, 0.15) is 35.1 Å². The molecule has 8 nitrogen and oxygen atoms in total. The number of aromatic nitrogens is 3. The minimum absolute atomic E-state index is 0.0615. The van der Waals surface area contributed by atoms with Crippen molar-refractivity contribution in [3.8, 4) is 5.88 Å². The summed E-state index contributed by atoms with van der Waals surface area (Å²) >= 11 is 1.41. The van der Waals surface area contributed by atoms with E-state index in [4.69, 9.17) is 0 Å². The molecule has 1 saturated heterocycles. The first-order valence-corrected chi connectivity index (χ1v) is 8.89. The van der Waals surface area contributed by atoms with E-state index in [9.17, 15) is 15.2 Å². The molecule has 0 spiro atoms. The number of likely N-dealkylation sites (tertiary alicyclic amines) is 1. The molecule has 0 aliphatic carbocycles. The zero-order valence-electron chi connectivity index (χ0n) is 13.6. The number of nitro benzene ring substituents is 1. The monoisotopic (exact) mass is 359 g/mol. The SMILES string of the molecule is Cc1nc2sc(C(c3ccc([N+](=O)[O-])cc3)N3CCCC3)c(O)n2n1. The van der Waals surface area contributed by atoms with Gasteiger partial charge in [-0.3, -0.25) is 15.0 Å². The molecule has 3 heterocycles. The molecule has 0 saturated carbocycles. The summed E-state index contributed by atoms with van der Waals surface area (Å²) in [7, 11) is 0. The second-order valence-electron chi connectivity index (χ2n) is 6.14.